The SMILES string of the molecule is O=C1c2ccccc2-c2cc(-c3cc4c5c(ccc([N+](=O)[O-])c5c3)C(=O)c3ccc([N+](=O)[O-])cc3-4)cc3cccc1c23. The summed E-state index contributed by atoms with van der Waals surface area (Å²) >= 11 is 0. The van der Waals surface area contributed by atoms with Crippen molar-refractivity contribution in [2.45, 2.75) is 0 Å². The quantitative estimate of drug-likeness (QED) is 0.163. The Labute approximate surface area is 236 Å². The van der Waals surface area contributed by atoms with E-state index in [2.05, 4.69) is 0 Å². The molecule has 198 valence electrons. The van der Waals surface area contributed by atoms with Gasteiger partial charge in [0.1, 0.15) is 0 Å². The van der Waals surface area contributed by atoms with Crippen LogP contribution in [0.25, 0.3) is 54.9 Å². The first-order valence-electron chi connectivity index (χ1n) is 13.1. The molecule has 0 saturated heterocycles. The molecule has 0 radical (unpaired) electrons. The van der Waals surface area contributed by atoms with Gasteiger partial charge in [-0.2, -0.15) is 0 Å². The molecule has 0 aliphatic heterocycles. The van der Waals surface area contributed by atoms with E-state index in [1.807, 2.05) is 54.6 Å². The Morgan fingerprint density at radius 2 is 1.10 bits per heavy atom. The first-order valence-corrected chi connectivity index (χ1v) is 13.1. The summed E-state index contributed by atoms with van der Waals surface area (Å²) < 4.78 is 0. The van der Waals surface area contributed by atoms with Crippen LogP contribution < -0.4 is 0 Å². The maximum absolute atomic E-state index is 13.5. The van der Waals surface area contributed by atoms with Gasteiger partial charge in [0, 0.05) is 56.8 Å². The van der Waals surface area contributed by atoms with Crippen LogP contribution in [-0.2, 0) is 0 Å². The van der Waals surface area contributed by atoms with Crippen molar-refractivity contribution in [3.05, 3.63) is 140 Å². The lowest BCUT2D eigenvalue weighted by molar-refractivity contribution is -0.384. The van der Waals surface area contributed by atoms with Crippen LogP contribution in [0.1, 0.15) is 31.8 Å². The number of nitro groups is 2. The molecule has 0 amide bonds. The van der Waals surface area contributed by atoms with Gasteiger partial charge in [0.05, 0.1) is 15.2 Å². The number of fused-ring (bicyclic) bond motifs is 4. The molecular weight excluding hydrogens is 532 g/mol. The molecule has 8 nitrogen and oxygen atoms in total. The van der Waals surface area contributed by atoms with Crippen molar-refractivity contribution < 1.29 is 19.4 Å². The van der Waals surface area contributed by atoms with E-state index in [0.717, 1.165) is 27.5 Å². The molecule has 8 rings (SSSR count). The number of nitrogens with zero attached hydrogens (tertiary/aromatic N) is 2. The first-order chi connectivity index (χ1) is 20.3. The van der Waals surface area contributed by atoms with E-state index < -0.39 is 9.85 Å². The normalized spacial score (nSPS) is 12.8. The molecule has 2 aliphatic rings. The topological polar surface area (TPSA) is 120 Å². The smallest absolute Gasteiger partial charge is 0.277 e. The van der Waals surface area contributed by atoms with Gasteiger partial charge in [-0.05, 0) is 69.6 Å². The van der Waals surface area contributed by atoms with Crippen LogP contribution in [-0.4, -0.2) is 21.4 Å². The Bertz CT molecular complexity index is 2300. The van der Waals surface area contributed by atoms with Crippen LogP contribution >= 0.6 is 0 Å². The summed E-state index contributed by atoms with van der Waals surface area (Å²) in [5, 5.41) is 26.1. The molecule has 0 saturated carbocycles. The van der Waals surface area contributed by atoms with Crippen molar-refractivity contribution in [1.29, 1.82) is 0 Å². The third kappa shape index (κ3) is 3.11. The monoisotopic (exact) mass is 548 g/mol. The number of non-ortho nitro benzene ring substituents is 2. The fourth-order valence-corrected chi connectivity index (χ4v) is 6.47. The standard InChI is InChI=1S/C34H16N2O6/c37-33-22-6-2-1-5-21(22)27-13-18(12-17-4-3-7-24(33)31(17)27)19-14-28-26-16-20(35(39)40)8-9-23(26)34(38)25-10-11-30(36(41)42)29(15-19)32(25)28/h1-16H. The van der Waals surface area contributed by atoms with Crippen molar-refractivity contribution in [2.24, 2.45) is 0 Å². The third-order valence-corrected chi connectivity index (χ3v) is 8.30. The van der Waals surface area contributed by atoms with Gasteiger partial charge in [-0.25, -0.2) is 0 Å². The minimum atomic E-state index is -0.529. The van der Waals surface area contributed by atoms with Crippen molar-refractivity contribution in [1.82, 2.24) is 0 Å². The van der Waals surface area contributed by atoms with Crippen molar-refractivity contribution in [3.8, 4) is 33.4 Å². The lowest BCUT2D eigenvalue weighted by Crippen LogP contribution is -2.11. The van der Waals surface area contributed by atoms with Crippen LogP contribution in [0.4, 0.5) is 11.4 Å². The van der Waals surface area contributed by atoms with Gasteiger partial charge in [0.25, 0.3) is 11.4 Å². The molecule has 0 fully saturated rings. The van der Waals surface area contributed by atoms with Crippen LogP contribution in [0.3, 0.4) is 0 Å². The van der Waals surface area contributed by atoms with Crippen LogP contribution in [0, 0.1) is 20.2 Å². The third-order valence-electron chi connectivity index (χ3n) is 8.30. The number of benzene rings is 6. The van der Waals surface area contributed by atoms with Crippen LogP contribution in [0.5, 0.6) is 0 Å². The maximum Gasteiger partial charge on any atom is 0.277 e. The second-order valence-electron chi connectivity index (χ2n) is 10.5. The van der Waals surface area contributed by atoms with Crippen molar-refractivity contribution in [3.63, 3.8) is 0 Å². The molecule has 0 spiro atoms. The molecule has 0 bridgehead atoms. The minimum Gasteiger partial charge on any atom is -0.289 e. The summed E-state index contributed by atoms with van der Waals surface area (Å²) in [5.74, 6) is -0.387. The molecule has 0 atom stereocenters. The second-order valence-corrected chi connectivity index (χ2v) is 10.5. The van der Waals surface area contributed by atoms with Gasteiger partial charge in [-0.1, -0.05) is 42.5 Å². The molecule has 0 heterocycles. The van der Waals surface area contributed by atoms with E-state index in [1.165, 1.54) is 30.3 Å². The Kier molecular flexibility index (Phi) is 4.68. The summed E-state index contributed by atoms with van der Waals surface area (Å²) in [6.45, 7) is 0. The Morgan fingerprint density at radius 3 is 1.83 bits per heavy atom. The average Bonchev–Trinajstić information content (AvgIpc) is 3.01. The number of carbonyl (C=O) groups excluding carboxylic acids is 2. The van der Waals surface area contributed by atoms with Gasteiger partial charge in [0.15, 0.2) is 11.6 Å². The zero-order chi connectivity index (χ0) is 28.9. The molecule has 2 aliphatic carbocycles. The number of ketones is 2. The summed E-state index contributed by atoms with van der Waals surface area (Å²) in [6.07, 6.45) is 0. The van der Waals surface area contributed by atoms with E-state index in [0.29, 0.717) is 44.3 Å². The molecule has 0 unspecified atom stereocenters. The molecule has 0 aromatic heterocycles. The first kappa shape index (κ1) is 23.8. The molecule has 6 aromatic carbocycles. The van der Waals surface area contributed by atoms with E-state index >= 15 is 0 Å². The highest BCUT2D eigenvalue weighted by atomic mass is 16.6. The highest BCUT2D eigenvalue weighted by Crippen LogP contribution is 2.47. The summed E-state index contributed by atoms with van der Waals surface area (Å²) in [5.41, 5.74) is 5.40. The van der Waals surface area contributed by atoms with E-state index in [9.17, 15) is 29.8 Å². The molecule has 0 N–H and O–H groups in total. The predicted octanol–water partition coefficient (Wildman–Crippen LogP) is 7.90. The fourth-order valence-electron chi connectivity index (χ4n) is 6.47. The second kappa shape index (κ2) is 8.25. The highest BCUT2D eigenvalue weighted by Gasteiger charge is 2.31. The number of carbonyl (C=O) groups is 2. The largest absolute Gasteiger partial charge is 0.289 e. The van der Waals surface area contributed by atoms with Crippen LogP contribution in [0.15, 0.2) is 97.1 Å². The Hall–Kier alpha value is -6.02. The predicted molar refractivity (Wildman–Crippen MR) is 158 cm³/mol. The number of nitro benzene ring substituents is 2. The van der Waals surface area contributed by atoms with E-state index in [1.54, 1.807) is 12.1 Å². The fraction of sp³-hybridized carbons (Fsp3) is 0. The summed E-state index contributed by atoms with van der Waals surface area (Å²) in [6, 6.07) is 27.3. The molecule has 8 heteroatoms. The van der Waals surface area contributed by atoms with Crippen molar-refractivity contribution in [2.75, 3.05) is 0 Å². The maximum atomic E-state index is 13.5. The Balaban J connectivity index is 1.49. The van der Waals surface area contributed by atoms with Gasteiger partial charge in [-0.15, -0.1) is 0 Å². The molecular formula is C34H16N2O6. The van der Waals surface area contributed by atoms with E-state index in [4.69, 9.17) is 0 Å². The number of hydrogen-bond donors (Lipinski definition) is 0. The lowest BCUT2D eigenvalue weighted by Gasteiger charge is -2.23. The average molecular weight is 549 g/mol. The zero-order valence-corrected chi connectivity index (χ0v) is 21.6. The van der Waals surface area contributed by atoms with E-state index in [-0.39, 0.29) is 28.3 Å². The zero-order valence-electron chi connectivity index (χ0n) is 21.6. The van der Waals surface area contributed by atoms with Crippen molar-refractivity contribution >= 4 is 44.5 Å². The van der Waals surface area contributed by atoms with Gasteiger partial charge in [0.2, 0.25) is 0 Å². The molecule has 42 heavy (non-hydrogen) atoms. The number of hydrogen-bond acceptors (Lipinski definition) is 6. The lowest BCUT2D eigenvalue weighted by atomic mass is 9.79. The summed E-state index contributed by atoms with van der Waals surface area (Å²) in [7, 11) is 0. The van der Waals surface area contributed by atoms with Crippen LogP contribution in [0.2, 0.25) is 0 Å². The minimum absolute atomic E-state index is 0.0439. The summed E-state index contributed by atoms with van der Waals surface area (Å²) in [4.78, 5) is 49.5. The number of rotatable bonds is 3. The van der Waals surface area contributed by atoms with Gasteiger partial charge in [-0.3, -0.25) is 29.8 Å². The Morgan fingerprint density at radius 1 is 0.476 bits per heavy atom. The molecule has 6 aromatic rings. The van der Waals surface area contributed by atoms with Gasteiger partial charge >= 0.3 is 0 Å². The highest BCUT2D eigenvalue weighted by molar-refractivity contribution is 6.28. The van der Waals surface area contributed by atoms with Gasteiger partial charge < -0.3 is 0 Å².